The van der Waals surface area contributed by atoms with Crippen molar-refractivity contribution < 1.29 is 23.0 Å². The fourth-order valence-corrected chi connectivity index (χ4v) is 0.737. The van der Waals surface area contributed by atoms with Crippen LogP contribution in [-0.4, -0.2) is 43.7 Å². The van der Waals surface area contributed by atoms with Crippen LogP contribution in [0.4, 0.5) is 13.2 Å². The molecule has 2 unspecified atom stereocenters. The zero-order chi connectivity index (χ0) is 10.5. The lowest BCUT2D eigenvalue weighted by molar-refractivity contribution is -0.202. The van der Waals surface area contributed by atoms with E-state index in [1.165, 1.54) is 7.11 Å². The molecule has 0 aliphatic heterocycles. The van der Waals surface area contributed by atoms with Crippen LogP contribution in [0.1, 0.15) is 6.92 Å². The van der Waals surface area contributed by atoms with Crippen LogP contribution >= 0.6 is 0 Å². The minimum atomic E-state index is -4.56. The van der Waals surface area contributed by atoms with Gasteiger partial charge in [-0.05, 0) is 6.92 Å². The lowest BCUT2D eigenvalue weighted by atomic mass is 10.3. The zero-order valence-electron chi connectivity index (χ0n) is 7.56. The number of aliphatic hydroxyl groups is 1. The normalized spacial score (nSPS) is 17.1. The molecule has 0 aromatic heterocycles. The molecule has 0 saturated heterocycles. The third-order valence-electron chi connectivity index (χ3n) is 1.45. The average Bonchev–Trinajstić information content (AvgIpc) is 1.99. The Morgan fingerprint density at radius 2 is 2.00 bits per heavy atom. The first-order valence-corrected chi connectivity index (χ1v) is 3.85. The molecule has 0 aliphatic rings. The molecule has 0 fully saturated rings. The summed E-state index contributed by atoms with van der Waals surface area (Å²) in [6.45, 7) is 1.48. The largest absolute Gasteiger partial charge is 0.415 e. The highest BCUT2D eigenvalue weighted by atomic mass is 19.4. The lowest BCUT2D eigenvalue weighted by Crippen LogP contribution is -2.42. The first-order valence-electron chi connectivity index (χ1n) is 3.85. The van der Waals surface area contributed by atoms with Crippen LogP contribution in [0.3, 0.4) is 0 Å². The van der Waals surface area contributed by atoms with Gasteiger partial charge in [0.25, 0.3) is 0 Å². The van der Waals surface area contributed by atoms with Crippen molar-refractivity contribution in [3.05, 3.63) is 0 Å². The highest BCUT2D eigenvalue weighted by Crippen LogP contribution is 2.19. The van der Waals surface area contributed by atoms with Crippen molar-refractivity contribution in [2.45, 2.75) is 25.2 Å². The summed E-state index contributed by atoms with van der Waals surface area (Å²) in [4.78, 5) is 0. The van der Waals surface area contributed by atoms with Crippen LogP contribution in [0.15, 0.2) is 0 Å². The van der Waals surface area contributed by atoms with Crippen molar-refractivity contribution in [1.29, 1.82) is 0 Å². The maximum atomic E-state index is 11.8. The number of methoxy groups -OCH3 is 1. The van der Waals surface area contributed by atoms with E-state index in [1.54, 1.807) is 6.92 Å². The van der Waals surface area contributed by atoms with Crippen LogP contribution in [0.2, 0.25) is 0 Å². The summed E-state index contributed by atoms with van der Waals surface area (Å²) in [5.74, 6) is 0. The molecule has 0 rings (SSSR count). The Kier molecular flexibility index (Phi) is 5.27. The molecular weight excluding hydrogens is 187 g/mol. The van der Waals surface area contributed by atoms with Crippen LogP contribution in [0.5, 0.6) is 0 Å². The molecule has 0 saturated carbocycles. The molecule has 3 nitrogen and oxygen atoms in total. The number of halogens is 3. The Balaban J connectivity index is 3.63. The number of nitrogens with one attached hydrogen (secondary N) is 1. The third kappa shape index (κ3) is 5.84. The van der Waals surface area contributed by atoms with Gasteiger partial charge in [0.1, 0.15) is 0 Å². The number of alkyl halides is 3. The van der Waals surface area contributed by atoms with Crippen LogP contribution < -0.4 is 5.32 Å². The number of hydrogen-bond acceptors (Lipinski definition) is 3. The predicted octanol–water partition coefficient (Wildman–Crippen LogP) is 0.534. The molecule has 0 bridgehead atoms. The van der Waals surface area contributed by atoms with Gasteiger partial charge in [0.15, 0.2) is 6.10 Å². The molecule has 0 aromatic carbocycles. The molecule has 0 aromatic rings. The van der Waals surface area contributed by atoms with Gasteiger partial charge in [0, 0.05) is 19.7 Å². The van der Waals surface area contributed by atoms with Crippen LogP contribution in [0, 0.1) is 0 Å². The van der Waals surface area contributed by atoms with Gasteiger partial charge >= 0.3 is 6.18 Å². The Labute approximate surface area is 74.9 Å². The Bertz CT molecular complexity index is 140. The second kappa shape index (κ2) is 5.41. The molecule has 0 heterocycles. The fourth-order valence-electron chi connectivity index (χ4n) is 0.737. The number of ether oxygens (including phenoxy) is 1. The van der Waals surface area contributed by atoms with Gasteiger partial charge in [0.2, 0.25) is 0 Å². The second-order valence-electron chi connectivity index (χ2n) is 2.82. The quantitative estimate of drug-likeness (QED) is 0.682. The van der Waals surface area contributed by atoms with Crippen molar-refractivity contribution in [3.63, 3.8) is 0 Å². The summed E-state index contributed by atoms with van der Waals surface area (Å²) >= 11 is 0. The number of hydrogen-bond donors (Lipinski definition) is 2. The zero-order valence-corrected chi connectivity index (χ0v) is 7.56. The second-order valence-corrected chi connectivity index (χ2v) is 2.82. The van der Waals surface area contributed by atoms with Crippen LogP contribution in [0.25, 0.3) is 0 Å². The van der Waals surface area contributed by atoms with E-state index in [1.807, 2.05) is 0 Å². The molecular formula is C7H14F3NO2. The van der Waals surface area contributed by atoms with E-state index < -0.39 is 18.8 Å². The monoisotopic (exact) mass is 201 g/mol. The predicted molar refractivity (Wildman–Crippen MR) is 41.4 cm³/mol. The highest BCUT2D eigenvalue weighted by Gasteiger charge is 2.37. The number of rotatable bonds is 5. The molecule has 0 spiro atoms. The summed E-state index contributed by atoms with van der Waals surface area (Å²) in [5.41, 5.74) is 0. The average molecular weight is 201 g/mol. The van der Waals surface area contributed by atoms with E-state index in [0.29, 0.717) is 6.61 Å². The van der Waals surface area contributed by atoms with Crippen molar-refractivity contribution >= 4 is 0 Å². The minimum Gasteiger partial charge on any atom is -0.383 e. The van der Waals surface area contributed by atoms with E-state index in [-0.39, 0.29) is 6.04 Å². The van der Waals surface area contributed by atoms with Crippen molar-refractivity contribution in [2.75, 3.05) is 20.3 Å². The van der Waals surface area contributed by atoms with Gasteiger partial charge in [-0.1, -0.05) is 0 Å². The Morgan fingerprint density at radius 1 is 1.46 bits per heavy atom. The topological polar surface area (TPSA) is 41.5 Å². The van der Waals surface area contributed by atoms with Gasteiger partial charge in [-0.25, -0.2) is 0 Å². The van der Waals surface area contributed by atoms with E-state index in [2.05, 4.69) is 5.32 Å². The van der Waals surface area contributed by atoms with Gasteiger partial charge in [-0.3, -0.25) is 0 Å². The summed E-state index contributed by atoms with van der Waals surface area (Å²) in [7, 11) is 1.46. The molecule has 2 atom stereocenters. The minimum absolute atomic E-state index is 0.206. The summed E-state index contributed by atoms with van der Waals surface area (Å²) in [6, 6.07) is -0.206. The van der Waals surface area contributed by atoms with E-state index in [4.69, 9.17) is 9.84 Å². The standard InChI is InChI=1S/C7H14F3NO2/c1-5(4-13-2)11-3-6(12)7(8,9)10/h5-6,11-12H,3-4H2,1-2H3. The Morgan fingerprint density at radius 3 is 2.38 bits per heavy atom. The molecule has 13 heavy (non-hydrogen) atoms. The van der Waals surface area contributed by atoms with E-state index >= 15 is 0 Å². The summed E-state index contributed by atoms with van der Waals surface area (Å²) in [6.07, 6.45) is -6.87. The van der Waals surface area contributed by atoms with Crippen molar-refractivity contribution in [2.24, 2.45) is 0 Å². The number of aliphatic hydroxyl groups excluding tert-OH is 1. The maximum absolute atomic E-state index is 11.8. The Hall–Kier alpha value is -0.330. The van der Waals surface area contributed by atoms with Gasteiger partial charge in [-0.15, -0.1) is 0 Å². The first-order chi connectivity index (χ1) is 5.88. The van der Waals surface area contributed by atoms with E-state index in [0.717, 1.165) is 0 Å². The third-order valence-corrected chi connectivity index (χ3v) is 1.45. The molecule has 80 valence electrons. The lowest BCUT2D eigenvalue weighted by Gasteiger charge is -2.18. The molecule has 0 aliphatic carbocycles. The van der Waals surface area contributed by atoms with E-state index in [9.17, 15) is 13.2 Å². The first kappa shape index (κ1) is 12.7. The van der Waals surface area contributed by atoms with Gasteiger partial charge in [0.05, 0.1) is 6.61 Å². The molecule has 2 N–H and O–H groups in total. The summed E-state index contributed by atoms with van der Waals surface area (Å²) in [5, 5.41) is 11.1. The van der Waals surface area contributed by atoms with Crippen molar-refractivity contribution in [1.82, 2.24) is 5.32 Å². The smallest absolute Gasteiger partial charge is 0.383 e. The maximum Gasteiger partial charge on any atom is 0.415 e. The highest BCUT2D eigenvalue weighted by molar-refractivity contribution is 4.70. The SMILES string of the molecule is COCC(C)NCC(O)C(F)(F)F. The van der Waals surface area contributed by atoms with Gasteiger partial charge < -0.3 is 15.2 Å². The molecule has 0 radical (unpaired) electrons. The summed E-state index contributed by atoms with van der Waals surface area (Å²) < 4.78 is 40.0. The molecule has 6 heteroatoms. The molecule has 0 amide bonds. The van der Waals surface area contributed by atoms with Gasteiger partial charge in [-0.2, -0.15) is 13.2 Å². The fraction of sp³-hybridized carbons (Fsp3) is 1.00. The van der Waals surface area contributed by atoms with Crippen molar-refractivity contribution in [3.8, 4) is 0 Å². The van der Waals surface area contributed by atoms with Crippen LogP contribution in [-0.2, 0) is 4.74 Å².